The molecule has 1 aliphatic carbocycles. The number of rotatable bonds is 4. The number of carbonyl (C=O) groups is 1. The maximum Gasteiger partial charge on any atom is 0.215 e. The molecule has 3 unspecified atom stereocenters. The molecule has 3 saturated heterocycles. The summed E-state index contributed by atoms with van der Waals surface area (Å²) in [5.41, 5.74) is 0.764. The number of benzene rings is 1. The number of hydrogen-bond acceptors (Lipinski definition) is 6. The van der Waals surface area contributed by atoms with Gasteiger partial charge >= 0.3 is 0 Å². The summed E-state index contributed by atoms with van der Waals surface area (Å²) in [7, 11) is 1.68. The van der Waals surface area contributed by atoms with E-state index in [9.17, 15) is 4.79 Å². The van der Waals surface area contributed by atoms with Gasteiger partial charge in [-0.25, -0.2) is 0 Å². The van der Waals surface area contributed by atoms with Crippen molar-refractivity contribution in [2.24, 2.45) is 11.8 Å². The van der Waals surface area contributed by atoms with Crippen LogP contribution in [0.1, 0.15) is 32.6 Å². The Bertz CT molecular complexity index is 822. The maximum absolute atomic E-state index is 13.4. The zero-order valence-corrected chi connectivity index (χ0v) is 18.5. The number of ketones is 1. The fourth-order valence-electron chi connectivity index (χ4n) is 5.18. The second kappa shape index (κ2) is 7.75. The highest BCUT2D eigenvalue weighted by atomic mass is 32.2. The van der Waals surface area contributed by atoms with E-state index >= 15 is 0 Å². The van der Waals surface area contributed by atoms with Crippen LogP contribution in [0.3, 0.4) is 0 Å². The van der Waals surface area contributed by atoms with Crippen LogP contribution in [0.2, 0.25) is 0 Å². The first-order valence-corrected chi connectivity index (χ1v) is 11.8. The van der Waals surface area contributed by atoms with Gasteiger partial charge in [-0.05, 0) is 43.9 Å². The highest BCUT2D eigenvalue weighted by Crippen LogP contribution is 2.57. The number of thioether (sulfide) groups is 1. The van der Waals surface area contributed by atoms with E-state index in [0.717, 1.165) is 24.8 Å². The number of methoxy groups -OCH3 is 1. The average Bonchev–Trinajstić information content (AvgIpc) is 3.63. The van der Waals surface area contributed by atoms with Crippen molar-refractivity contribution in [3.8, 4) is 0 Å². The molecule has 0 bridgehead atoms. The SMILES string of the molecule is C=C1[C@@H]2CCC(=O)C(COC)C(Sc3ccccc3)CC[C@@]3(C)O[C@@H]3[C@H]2OC12CO2. The number of hydrogen-bond donors (Lipinski definition) is 0. The van der Waals surface area contributed by atoms with Gasteiger partial charge in [0.15, 0.2) is 0 Å². The van der Waals surface area contributed by atoms with E-state index in [1.165, 1.54) is 4.90 Å². The van der Waals surface area contributed by atoms with E-state index in [1.54, 1.807) is 18.9 Å². The van der Waals surface area contributed by atoms with E-state index in [1.807, 2.05) is 18.2 Å². The number of epoxide rings is 2. The highest BCUT2D eigenvalue weighted by Gasteiger charge is 2.67. The first-order chi connectivity index (χ1) is 14.5. The lowest BCUT2D eigenvalue weighted by atomic mass is 9.85. The minimum absolute atomic E-state index is 0.0410. The van der Waals surface area contributed by atoms with Crippen LogP contribution >= 0.6 is 11.8 Å². The first-order valence-electron chi connectivity index (χ1n) is 10.9. The standard InChI is InChI=1S/C24H30O5S/c1-15-17-9-10-19(25)18(13-26-3)20(30-16-7-5-4-6-8-16)11-12-23(2)22(29-23)21(17)28-24(15)14-27-24/h4-8,17-18,20-22H,1,9-14H2,2-3H3/t17-,18?,20?,21-,22+,23+,24?/m0/s1. The quantitative estimate of drug-likeness (QED) is 0.531. The molecule has 0 N–H and O–H groups in total. The summed E-state index contributed by atoms with van der Waals surface area (Å²) in [4.78, 5) is 14.5. The zero-order chi connectivity index (χ0) is 20.9. The Morgan fingerprint density at radius 1 is 1.23 bits per heavy atom. The average molecular weight is 431 g/mol. The molecule has 5 nitrogen and oxygen atoms in total. The van der Waals surface area contributed by atoms with Crippen LogP contribution in [0.4, 0.5) is 0 Å². The van der Waals surface area contributed by atoms with Crippen molar-refractivity contribution >= 4 is 17.5 Å². The number of carbonyl (C=O) groups excluding carboxylic acids is 1. The van der Waals surface area contributed by atoms with E-state index in [0.29, 0.717) is 19.6 Å². The third kappa shape index (κ3) is 3.67. The molecule has 5 rings (SSSR count). The van der Waals surface area contributed by atoms with Crippen molar-refractivity contribution in [2.45, 2.75) is 66.3 Å². The molecule has 0 aromatic heterocycles. The molecule has 1 saturated carbocycles. The smallest absolute Gasteiger partial charge is 0.215 e. The summed E-state index contributed by atoms with van der Waals surface area (Å²) < 4.78 is 23.7. The third-order valence-corrected chi connectivity index (χ3v) is 8.58. The summed E-state index contributed by atoms with van der Waals surface area (Å²) in [5.74, 6) is -0.382. The number of ether oxygens (including phenoxy) is 4. The summed E-state index contributed by atoms with van der Waals surface area (Å²) in [6.07, 6.45) is 2.99. The molecule has 3 aliphatic heterocycles. The van der Waals surface area contributed by atoms with E-state index < -0.39 is 5.79 Å². The summed E-state index contributed by atoms with van der Waals surface area (Å²) in [6.45, 7) is 7.48. The topological polar surface area (TPSA) is 60.6 Å². The van der Waals surface area contributed by atoms with Gasteiger partial charge in [-0.15, -0.1) is 11.8 Å². The van der Waals surface area contributed by atoms with Crippen molar-refractivity contribution in [3.05, 3.63) is 42.5 Å². The summed E-state index contributed by atoms with van der Waals surface area (Å²) in [5, 5.41) is 0.154. The molecule has 6 heteroatoms. The van der Waals surface area contributed by atoms with Crippen molar-refractivity contribution in [1.82, 2.24) is 0 Å². The van der Waals surface area contributed by atoms with Gasteiger partial charge < -0.3 is 18.9 Å². The molecule has 1 spiro atoms. The molecule has 30 heavy (non-hydrogen) atoms. The van der Waals surface area contributed by atoms with Crippen molar-refractivity contribution in [2.75, 3.05) is 20.3 Å². The predicted molar refractivity (Wildman–Crippen MR) is 114 cm³/mol. The van der Waals surface area contributed by atoms with Crippen LogP contribution < -0.4 is 0 Å². The van der Waals surface area contributed by atoms with Gasteiger partial charge in [0.1, 0.15) is 18.5 Å². The van der Waals surface area contributed by atoms with Crippen LogP contribution in [-0.2, 0) is 23.7 Å². The molecule has 4 aliphatic rings. The Hall–Kier alpha value is -1.18. The van der Waals surface area contributed by atoms with Crippen LogP contribution in [0.15, 0.2) is 47.4 Å². The molecule has 7 atom stereocenters. The van der Waals surface area contributed by atoms with Crippen molar-refractivity contribution in [3.63, 3.8) is 0 Å². The van der Waals surface area contributed by atoms with Gasteiger partial charge in [-0.2, -0.15) is 0 Å². The Morgan fingerprint density at radius 2 is 2.00 bits per heavy atom. The Morgan fingerprint density at radius 3 is 2.70 bits per heavy atom. The molecule has 1 aromatic rings. The monoisotopic (exact) mass is 430 g/mol. The fraction of sp³-hybridized carbons (Fsp3) is 0.625. The van der Waals surface area contributed by atoms with E-state index in [4.69, 9.17) is 18.9 Å². The lowest BCUT2D eigenvalue weighted by molar-refractivity contribution is -0.124. The molecular weight excluding hydrogens is 400 g/mol. The van der Waals surface area contributed by atoms with Crippen LogP contribution in [0.5, 0.6) is 0 Å². The fourth-order valence-corrected chi connectivity index (χ4v) is 6.47. The molecule has 0 radical (unpaired) electrons. The van der Waals surface area contributed by atoms with E-state index in [2.05, 4.69) is 25.6 Å². The van der Waals surface area contributed by atoms with Gasteiger partial charge in [-0.1, -0.05) is 24.8 Å². The molecule has 0 amide bonds. The number of fused-ring (bicyclic) bond motifs is 3. The van der Waals surface area contributed by atoms with Gasteiger partial charge in [0.2, 0.25) is 5.79 Å². The predicted octanol–water partition coefficient (Wildman–Crippen LogP) is 4.01. The van der Waals surface area contributed by atoms with Crippen LogP contribution in [0, 0.1) is 11.8 Å². The molecular formula is C24H30O5S. The molecule has 162 valence electrons. The van der Waals surface area contributed by atoms with Gasteiger partial charge in [0, 0.05) is 29.6 Å². The van der Waals surface area contributed by atoms with Gasteiger partial charge in [-0.3, -0.25) is 4.79 Å². The normalized spacial score (nSPS) is 43.1. The lowest BCUT2D eigenvalue weighted by Gasteiger charge is -2.26. The Kier molecular flexibility index (Phi) is 5.35. The number of Topliss-reactive ketones (excluding diaryl/α,β-unsaturated/α-hetero) is 1. The Labute approximate surface area is 182 Å². The van der Waals surface area contributed by atoms with Crippen LogP contribution in [0.25, 0.3) is 0 Å². The second-order valence-corrected chi connectivity index (χ2v) is 10.5. The van der Waals surface area contributed by atoms with Crippen LogP contribution in [-0.4, -0.2) is 55.0 Å². The minimum Gasteiger partial charge on any atom is -0.384 e. The zero-order valence-electron chi connectivity index (χ0n) is 17.7. The summed E-state index contributed by atoms with van der Waals surface area (Å²) in [6, 6.07) is 10.3. The van der Waals surface area contributed by atoms with Crippen molar-refractivity contribution in [1.29, 1.82) is 0 Å². The highest BCUT2D eigenvalue weighted by molar-refractivity contribution is 8.00. The largest absolute Gasteiger partial charge is 0.384 e. The third-order valence-electron chi connectivity index (χ3n) is 7.17. The maximum atomic E-state index is 13.4. The minimum atomic E-state index is -0.618. The molecule has 3 heterocycles. The molecule has 1 aromatic carbocycles. The first kappa shape index (κ1) is 20.7. The summed E-state index contributed by atoms with van der Waals surface area (Å²) >= 11 is 1.79. The van der Waals surface area contributed by atoms with E-state index in [-0.39, 0.29) is 40.7 Å². The molecule has 4 fully saturated rings. The van der Waals surface area contributed by atoms with Gasteiger partial charge in [0.25, 0.3) is 0 Å². The second-order valence-electron chi connectivity index (χ2n) is 9.18. The van der Waals surface area contributed by atoms with Gasteiger partial charge in [0.05, 0.1) is 24.2 Å². The Balaban J connectivity index is 1.40. The lowest BCUT2D eigenvalue weighted by Crippen LogP contribution is -2.31. The van der Waals surface area contributed by atoms with Crippen molar-refractivity contribution < 1.29 is 23.7 Å².